The van der Waals surface area contributed by atoms with Gasteiger partial charge in [-0.1, -0.05) is 0 Å². The Hall–Kier alpha value is -1.43. The topological polar surface area (TPSA) is 75.7 Å². The van der Waals surface area contributed by atoms with Gasteiger partial charge in [-0.2, -0.15) is 0 Å². The van der Waals surface area contributed by atoms with Crippen molar-refractivity contribution in [1.82, 2.24) is 10.2 Å². The lowest BCUT2D eigenvalue weighted by Crippen LogP contribution is -2.66. The Morgan fingerprint density at radius 1 is 1.47 bits per heavy atom. The summed E-state index contributed by atoms with van der Waals surface area (Å²) in [5.41, 5.74) is -1.02. The summed E-state index contributed by atoms with van der Waals surface area (Å²) in [5.74, 6) is -1.29. The minimum absolute atomic E-state index is 0.0728. The van der Waals surface area contributed by atoms with E-state index in [4.69, 9.17) is 4.74 Å². The smallest absolute Gasteiger partial charge is 0.252 e. The molecular formula is C11H18N2O4. The lowest BCUT2D eigenvalue weighted by molar-refractivity contribution is -0.158. The lowest BCUT2D eigenvalue weighted by Gasteiger charge is -2.40. The van der Waals surface area contributed by atoms with Crippen LogP contribution in [0.5, 0.6) is 0 Å². The molecule has 3 amide bonds. The molecule has 0 unspecified atom stereocenters. The molecule has 0 bridgehead atoms. The van der Waals surface area contributed by atoms with E-state index < -0.39 is 17.4 Å². The van der Waals surface area contributed by atoms with Crippen LogP contribution in [0.4, 0.5) is 0 Å². The van der Waals surface area contributed by atoms with Crippen molar-refractivity contribution >= 4 is 17.7 Å². The van der Waals surface area contributed by atoms with Gasteiger partial charge in [-0.15, -0.1) is 0 Å². The van der Waals surface area contributed by atoms with Gasteiger partial charge >= 0.3 is 0 Å². The van der Waals surface area contributed by atoms with Crippen molar-refractivity contribution in [3.05, 3.63) is 0 Å². The molecule has 0 spiro atoms. The van der Waals surface area contributed by atoms with Crippen LogP contribution in [0.15, 0.2) is 0 Å². The molecule has 1 rings (SSSR count). The predicted molar refractivity (Wildman–Crippen MR) is 60.0 cm³/mol. The molecule has 6 heteroatoms. The summed E-state index contributed by atoms with van der Waals surface area (Å²) in [4.78, 5) is 36.0. The molecule has 0 radical (unpaired) electrons. The van der Waals surface area contributed by atoms with Crippen molar-refractivity contribution in [2.45, 2.75) is 39.3 Å². The number of nitrogens with one attached hydrogen (secondary N) is 1. The first-order valence-corrected chi connectivity index (χ1v) is 5.51. The average molecular weight is 242 g/mol. The second kappa shape index (κ2) is 4.83. The van der Waals surface area contributed by atoms with Crippen LogP contribution in [0.1, 0.15) is 27.7 Å². The zero-order valence-corrected chi connectivity index (χ0v) is 10.6. The van der Waals surface area contributed by atoms with Crippen molar-refractivity contribution < 1.29 is 19.1 Å². The second-order valence-electron chi connectivity index (χ2n) is 4.78. The Balaban J connectivity index is 2.76. The Labute approximate surface area is 100 Å². The first-order chi connectivity index (χ1) is 7.75. The molecule has 0 aromatic rings. The Morgan fingerprint density at radius 3 is 2.59 bits per heavy atom. The van der Waals surface area contributed by atoms with Crippen LogP contribution in [0, 0.1) is 0 Å². The quantitative estimate of drug-likeness (QED) is 0.688. The first kappa shape index (κ1) is 13.6. The third-order valence-corrected chi connectivity index (χ3v) is 2.63. The van der Waals surface area contributed by atoms with Gasteiger partial charge in [-0.25, -0.2) is 0 Å². The SMILES string of the molecule is CC(C)OCC(=O)N1CC(=O)NC(=O)C1(C)C. The van der Waals surface area contributed by atoms with Crippen LogP contribution in [-0.2, 0) is 19.1 Å². The first-order valence-electron chi connectivity index (χ1n) is 5.51. The highest BCUT2D eigenvalue weighted by molar-refractivity contribution is 6.06. The Morgan fingerprint density at radius 2 is 2.06 bits per heavy atom. The van der Waals surface area contributed by atoms with Crippen LogP contribution in [-0.4, -0.2) is 47.4 Å². The molecule has 6 nitrogen and oxygen atoms in total. The van der Waals surface area contributed by atoms with E-state index in [0.717, 1.165) is 0 Å². The molecule has 0 aliphatic carbocycles. The number of hydrogen-bond acceptors (Lipinski definition) is 4. The minimum Gasteiger partial charge on any atom is -0.369 e. The zero-order chi connectivity index (χ0) is 13.2. The molecule has 1 aliphatic heterocycles. The molecule has 0 aromatic carbocycles. The molecule has 1 aliphatic rings. The monoisotopic (exact) mass is 242 g/mol. The number of carbonyl (C=O) groups is 3. The predicted octanol–water partition coefficient (Wildman–Crippen LogP) is -0.325. The van der Waals surface area contributed by atoms with E-state index in [2.05, 4.69) is 5.32 Å². The number of amides is 3. The summed E-state index contributed by atoms with van der Waals surface area (Å²) in [6, 6.07) is 0. The van der Waals surface area contributed by atoms with Crippen LogP contribution in [0.3, 0.4) is 0 Å². The third kappa shape index (κ3) is 3.03. The maximum Gasteiger partial charge on any atom is 0.252 e. The Kier molecular flexibility index (Phi) is 3.87. The molecular weight excluding hydrogens is 224 g/mol. The molecule has 1 fully saturated rings. The number of piperazine rings is 1. The van der Waals surface area contributed by atoms with E-state index in [-0.39, 0.29) is 25.2 Å². The summed E-state index contributed by atoms with van der Waals surface area (Å²) < 4.78 is 5.19. The van der Waals surface area contributed by atoms with E-state index >= 15 is 0 Å². The van der Waals surface area contributed by atoms with Crippen molar-refractivity contribution in [3.63, 3.8) is 0 Å². The third-order valence-electron chi connectivity index (χ3n) is 2.63. The normalized spacial score (nSPS) is 19.5. The van der Waals surface area contributed by atoms with Crippen LogP contribution >= 0.6 is 0 Å². The zero-order valence-electron chi connectivity index (χ0n) is 10.6. The second-order valence-corrected chi connectivity index (χ2v) is 4.78. The summed E-state index contributed by atoms with van der Waals surface area (Å²) in [5, 5.41) is 2.21. The van der Waals surface area contributed by atoms with E-state index in [1.54, 1.807) is 13.8 Å². The molecule has 17 heavy (non-hydrogen) atoms. The van der Waals surface area contributed by atoms with E-state index in [1.165, 1.54) is 4.90 Å². The van der Waals surface area contributed by atoms with Gasteiger partial charge in [0.15, 0.2) is 0 Å². The molecule has 0 atom stereocenters. The van der Waals surface area contributed by atoms with Gasteiger partial charge in [-0.3, -0.25) is 19.7 Å². The highest BCUT2D eigenvalue weighted by atomic mass is 16.5. The molecule has 1 N–H and O–H groups in total. The van der Waals surface area contributed by atoms with Gasteiger partial charge in [0.25, 0.3) is 5.91 Å². The van der Waals surface area contributed by atoms with E-state index in [1.807, 2.05) is 13.8 Å². The van der Waals surface area contributed by atoms with Crippen molar-refractivity contribution in [2.75, 3.05) is 13.2 Å². The summed E-state index contributed by atoms with van der Waals surface area (Å²) >= 11 is 0. The van der Waals surface area contributed by atoms with Crippen molar-refractivity contribution in [3.8, 4) is 0 Å². The van der Waals surface area contributed by atoms with E-state index in [0.29, 0.717) is 0 Å². The van der Waals surface area contributed by atoms with Crippen molar-refractivity contribution in [2.24, 2.45) is 0 Å². The van der Waals surface area contributed by atoms with Gasteiger partial charge in [-0.05, 0) is 27.7 Å². The van der Waals surface area contributed by atoms with Gasteiger partial charge < -0.3 is 9.64 Å². The molecule has 96 valence electrons. The minimum atomic E-state index is -1.02. The fraction of sp³-hybridized carbons (Fsp3) is 0.727. The molecule has 0 aromatic heterocycles. The standard InChI is InChI=1S/C11H18N2O4/c1-7(2)17-6-9(15)13-5-8(14)12-10(16)11(13,3)4/h7H,5-6H2,1-4H3,(H,12,14,16). The van der Waals surface area contributed by atoms with Gasteiger partial charge in [0.05, 0.1) is 6.10 Å². The van der Waals surface area contributed by atoms with Gasteiger partial charge in [0.2, 0.25) is 11.8 Å². The maximum absolute atomic E-state index is 11.9. The summed E-state index contributed by atoms with van der Waals surface area (Å²) in [6.45, 7) is 6.59. The van der Waals surface area contributed by atoms with Gasteiger partial charge in [0, 0.05) is 0 Å². The fourth-order valence-corrected chi connectivity index (χ4v) is 1.50. The molecule has 1 heterocycles. The van der Waals surface area contributed by atoms with Crippen LogP contribution in [0.2, 0.25) is 0 Å². The average Bonchev–Trinajstić information content (AvgIpc) is 2.20. The highest BCUT2D eigenvalue weighted by Gasteiger charge is 2.43. The van der Waals surface area contributed by atoms with Crippen LogP contribution in [0.25, 0.3) is 0 Å². The lowest BCUT2D eigenvalue weighted by atomic mass is 9.98. The fourth-order valence-electron chi connectivity index (χ4n) is 1.50. The highest BCUT2D eigenvalue weighted by Crippen LogP contribution is 2.18. The maximum atomic E-state index is 11.9. The van der Waals surface area contributed by atoms with Crippen LogP contribution < -0.4 is 5.32 Å². The van der Waals surface area contributed by atoms with E-state index in [9.17, 15) is 14.4 Å². The number of hydrogen-bond donors (Lipinski definition) is 1. The number of nitrogens with zero attached hydrogens (tertiary/aromatic N) is 1. The number of ether oxygens (including phenoxy) is 1. The Bertz CT molecular complexity index is 349. The summed E-state index contributed by atoms with van der Waals surface area (Å²) in [7, 11) is 0. The number of rotatable bonds is 3. The summed E-state index contributed by atoms with van der Waals surface area (Å²) in [6.07, 6.45) is -0.0728. The molecule has 0 saturated carbocycles. The largest absolute Gasteiger partial charge is 0.369 e. The number of imide groups is 1. The van der Waals surface area contributed by atoms with Crippen molar-refractivity contribution in [1.29, 1.82) is 0 Å². The van der Waals surface area contributed by atoms with Gasteiger partial charge in [0.1, 0.15) is 18.7 Å². The number of carbonyl (C=O) groups excluding carboxylic acids is 3. The molecule has 1 saturated heterocycles.